The van der Waals surface area contributed by atoms with E-state index in [1.165, 1.54) is 6.21 Å². The minimum Gasteiger partial charge on any atom is -0.370 e. The number of nitrogens with zero attached hydrogens (tertiary/aromatic N) is 4. The number of benzene rings is 1. The third-order valence-electron chi connectivity index (χ3n) is 5.93. The fourth-order valence-electron chi connectivity index (χ4n) is 4.02. The van der Waals surface area contributed by atoms with Gasteiger partial charge in [-0.15, -0.1) is 0 Å². The number of nitrogens with one attached hydrogen (secondary N) is 1. The molecule has 1 aliphatic rings. The summed E-state index contributed by atoms with van der Waals surface area (Å²) in [6, 6.07) is 12.0. The van der Waals surface area contributed by atoms with E-state index in [2.05, 4.69) is 30.0 Å². The third kappa shape index (κ3) is 3.80. The fourth-order valence-corrected chi connectivity index (χ4v) is 4.02. The lowest BCUT2D eigenvalue weighted by atomic mass is 10.0. The van der Waals surface area contributed by atoms with Crippen LogP contribution in [0.3, 0.4) is 0 Å². The molecule has 0 spiro atoms. The SMILES string of the molecule is Cc1ccc(-c2cc(=O)n3cc(N4CCC(N(C)C)CC4)ccc3n2)cc1C=N. The normalized spacial score (nSPS) is 15.2. The van der Waals surface area contributed by atoms with Crippen LogP contribution in [0.1, 0.15) is 24.0 Å². The van der Waals surface area contributed by atoms with Gasteiger partial charge in [-0.1, -0.05) is 12.1 Å². The molecule has 6 nitrogen and oxygen atoms in total. The Morgan fingerprint density at radius 2 is 1.90 bits per heavy atom. The highest BCUT2D eigenvalue weighted by Gasteiger charge is 2.21. The average molecular weight is 390 g/mol. The summed E-state index contributed by atoms with van der Waals surface area (Å²) in [6.07, 6.45) is 5.49. The summed E-state index contributed by atoms with van der Waals surface area (Å²) in [5, 5.41) is 7.56. The smallest absolute Gasteiger partial charge is 0.258 e. The molecular formula is C23H27N5O. The highest BCUT2D eigenvalue weighted by molar-refractivity contribution is 5.82. The minimum absolute atomic E-state index is 0.0907. The molecule has 4 rings (SSSR count). The number of rotatable bonds is 4. The van der Waals surface area contributed by atoms with Crippen LogP contribution in [0.15, 0.2) is 47.4 Å². The topological polar surface area (TPSA) is 64.7 Å². The van der Waals surface area contributed by atoms with Gasteiger partial charge in [0.1, 0.15) is 5.65 Å². The average Bonchev–Trinajstić information content (AvgIpc) is 2.74. The first-order valence-electron chi connectivity index (χ1n) is 10.0. The first-order valence-corrected chi connectivity index (χ1v) is 10.0. The van der Waals surface area contributed by atoms with Crippen LogP contribution in [0.2, 0.25) is 0 Å². The molecule has 0 unspecified atom stereocenters. The van der Waals surface area contributed by atoms with Crippen LogP contribution in [-0.2, 0) is 0 Å². The largest absolute Gasteiger partial charge is 0.370 e. The molecule has 150 valence electrons. The van der Waals surface area contributed by atoms with Crippen LogP contribution in [0.25, 0.3) is 16.9 Å². The molecule has 1 fully saturated rings. The molecule has 6 heteroatoms. The maximum Gasteiger partial charge on any atom is 0.258 e. The van der Waals surface area contributed by atoms with Crippen LogP contribution in [0.4, 0.5) is 5.69 Å². The lowest BCUT2D eigenvalue weighted by molar-refractivity contribution is 0.249. The molecule has 1 saturated heterocycles. The molecule has 0 aliphatic carbocycles. The van der Waals surface area contributed by atoms with E-state index >= 15 is 0 Å². The Labute approximate surface area is 170 Å². The van der Waals surface area contributed by atoms with Gasteiger partial charge in [0, 0.05) is 43.2 Å². The number of aromatic nitrogens is 2. The number of fused-ring (bicyclic) bond motifs is 1. The van der Waals surface area contributed by atoms with Crippen molar-refractivity contribution in [1.82, 2.24) is 14.3 Å². The molecule has 0 saturated carbocycles. The third-order valence-corrected chi connectivity index (χ3v) is 5.93. The van der Waals surface area contributed by atoms with Crippen molar-refractivity contribution >= 4 is 17.5 Å². The van der Waals surface area contributed by atoms with Crippen LogP contribution in [-0.4, -0.2) is 53.7 Å². The van der Waals surface area contributed by atoms with Gasteiger partial charge >= 0.3 is 0 Å². The summed E-state index contributed by atoms with van der Waals surface area (Å²) in [5.74, 6) is 0. The molecule has 3 heterocycles. The maximum absolute atomic E-state index is 12.8. The monoisotopic (exact) mass is 389 g/mol. The second-order valence-electron chi connectivity index (χ2n) is 7.99. The summed E-state index contributed by atoms with van der Waals surface area (Å²) in [5.41, 5.74) is 4.96. The summed E-state index contributed by atoms with van der Waals surface area (Å²) >= 11 is 0. The van der Waals surface area contributed by atoms with E-state index in [1.807, 2.05) is 37.4 Å². The maximum atomic E-state index is 12.8. The standard InChI is InChI=1S/C23H27N5O/c1-16-4-5-17(12-18(16)14-24)21-13-23(29)28-15-20(6-7-22(28)25-21)27-10-8-19(9-11-27)26(2)3/h4-7,12-15,19,24H,8-11H2,1-3H3. The van der Waals surface area contributed by atoms with Gasteiger partial charge in [-0.05, 0) is 63.2 Å². The van der Waals surface area contributed by atoms with Gasteiger partial charge in [0.15, 0.2) is 0 Å². The fraction of sp³-hybridized carbons (Fsp3) is 0.348. The first kappa shape index (κ1) is 19.3. The van der Waals surface area contributed by atoms with Crippen LogP contribution in [0.5, 0.6) is 0 Å². The molecule has 0 radical (unpaired) electrons. The summed E-state index contributed by atoms with van der Waals surface area (Å²) in [6.45, 7) is 3.95. The molecule has 1 N–H and O–H groups in total. The Hall–Kier alpha value is -2.99. The van der Waals surface area contributed by atoms with Crippen molar-refractivity contribution in [1.29, 1.82) is 5.41 Å². The van der Waals surface area contributed by atoms with Crippen molar-refractivity contribution in [2.45, 2.75) is 25.8 Å². The van der Waals surface area contributed by atoms with Gasteiger partial charge < -0.3 is 15.2 Å². The van der Waals surface area contributed by atoms with E-state index in [0.717, 1.165) is 48.3 Å². The molecule has 0 bridgehead atoms. The van der Waals surface area contributed by atoms with Crippen LogP contribution in [0, 0.1) is 12.3 Å². The van der Waals surface area contributed by atoms with E-state index in [9.17, 15) is 4.79 Å². The van der Waals surface area contributed by atoms with E-state index in [1.54, 1.807) is 10.5 Å². The second kappa shape index (κ2) is 7.79. The second-order valence-corrected chi connectivity index (χ2v) is 7.99. The molecule has 0 amide bonds. The number of anilines is 1. The van der Waals surface area contributed by atoms with Gasteiger partial charge in [0.05, 0.1) is 11.4 Å². The molecule has 29 heavy (non-hydrogen) atoms. The molecule has 3 aromatic rings. The number of aryl methyl sites for hydroxylation is 1. The quantitative estimate of drug-likeness (QED) is 0.696. The van der Waals surface area contributed by atoms with Crippen molar-refractivity contribution in [2.24, 2.45) is 0 Å². The molecule has 0 atom stereocenters. The number of pyridine rings is 1. The van der Waals surface area contributed by atoms with Crippen molar-refractivity contribution in [2.75, 3.05) is 32.1 Å². The summed E-state index contributed by atoms with van der Waals surface area (Å²) in [7, 11) is 4.27. The van der Waals surface area contributed by atoms with E-state index in [4.69, 9.17) is 10.4 Å². The summed E-state index contributed by atoms with van der Waals surface area (Å²) in [4.78, 5) is 22.2. The van der Waals surface area contributed by atoms with Crippen LogP contribution < -0.4 is 10.5 Å². The lowest BCUT2D eigenvalue weighted by Gasteiger charge is -2.36. The Morgan fingerprint density at radius 1 is 1.14 bits per heavy atom. The summed E-state index contributed by atoms with van der Waals surface area (Å²) < 4.78 is 1.63. The molecule has 1 aliphatic heterocycles. The van der Waals surface area contributed by atoms with Gasteiger partial charge in [-0.3, -0.25) is 9.20 Å². The predicted octanol–water partition coefficient (Wildman–Crippen LogP) is 3.20. The van der Waals surface area contributed by atoms with Crippen molar-refractivity contribution < 1.29 is 0 Å². The Morgan fingerprint density at radius 3 is 2.59 bits per heavy atom. The van der Waals surface area contributed by atoms with Crippen LogP contribution >= 0.6 is 0 Å². The van der Waals surface area contributed by atoms with E-state index < -0.39 is 0 Å². The molecule has 1 aromatic carbocycles. The van der Waals surface area contributed by atoms with E-state index in [-0.39, 0.29) is 5.56 Å². The van der Waals surface area contributed by atoms with Gasteiger partial charge in [-0.25, -0.2) is 4.98 Å². The van der Waals surface area contributed by atoms with Gasteiger partial charge in [0.25, 0.3) is 5.56 Å². The minimum atomic E-state index is -0.0907. The highest BCUT2D eigenvalue weighted by atomic mass is 16.1. The number of piperidine rings is 1. The zero-order valence-corrected chi connectivity index (χ0v) is 17.2. The molecule has 2 aromatic heterocycles. The Kier molecular flexibility index (Phi) is 5.20. The van der Waals surface area contributed by atoms with Crippen molar-refractivity contribution in [3.05, 3.63) is 64.1 Å². The number of hydrogen-bond donors (Lipinski definition) is 1. The predicted molar refractivity (Wildman–Crippen MR) is 118 cm³/mol. The van der Waals surface area contributed by atoms with Crippen molar-refractivity contribution in [3.8, 4) is 11.3 Å². The van der Waals surface area contributed by atoms with E-state index in [0.29, 0.717) is 17.4 Å². The number of hydrogen-bond acceptors (Lipinski definition) is 5. The Bertz CT molecular complexity index is 1110. The Balaban J connectivity index is 1.66. The first-order chi connectivity index (χ1) is 14.0. The van der Waals surface area contributed by atoms with Crippen molar-refractivity contribution in [3.63, 3.8) is 0 Å². The lowest BCUT2D eigenvalue weighted by Crippen LogP contribution is -2.42. The highest BCUT2D eigenvalue weighted by Crippen LogP contribution is 2.23. The zero-order valence-electron chi connectivity index (χ0n) is 17.2. The molecular weight excluding hydrogens is 362 g/mol. The zero-order chi connectivity index (χ0) is 20.5. The van der Waals surface area contributed by atoms with Gasteiger partial charge in [-0.2, -0.15) is 0 Å². The van der Waals surface area contributed by atoms with Gasteiger partial charge in [0.2, 0.25) is 0 Å².